The number of thioether (sulfide) groups is 1. The molecule has 2 N–H and O–H groups in total. The van der Waals surface area contributed by atoms with Gasteiger partial charge in [-0.2, -0.15) is 4.68 Å². The van der Waals surface area contributed by atoms with Crippen molar-refractivity contribution in [2.24, 2.45) is 0 Å². The first-order chi connectivity index (χ1) is 18.6. The van der Waals surface area contributed by atoms with Crippen LogP contribution in [0.15, 0.2) is 99.9 Å². The number of aromatic nitrogens is 5. The summed E-state index contributed by atoms with van der Waals surface area (Å²) in [5, 5.41) is 1.78. The normalized spacial score (nSPS) is 11.4. The lowest BCUT2D eigenvalue weighted by molar-refractivity contribution is -0.117. The third-order valence-corrected chi connectivity index (χ3v) is 7.22. The molecule has 38 heavy (non-hydrogen) atoms. The molecule has 6 aromatic rings. The second-order valence-electron chi connectivity index (χ2n) is 8.75. The van der Waals surface area contributed by atoms with Crippen molar-refractivity contribution in [1.82, 2.24) is 24.0 Å². The van der Waals surface area contributed by atoms with Gasteiger partial charge in [-0.05, 0) is 42.3 Å². The van der Waals surface area contributed by atoms with Crippen molar-refractivity contribution >= 4 is 45.1 Å². The number of H-pyrrole nitrogens is 1. The molecule has 0 unspecified atom stereocenters. The number of carbonyl (C=O) groups excluding carboxylic acids is 1. The predicted molar refractivity (Wildman–Crippen MR) is 148 cm³/mol. The molecule has 9 nitrogen and oxygen atoms in total. The number of nitrogens with zero attached hydrogens (tertiary/aromatic N) is 4. The summed E-state index contributed by atoms with van der Waals surface area (Å²) in [5.74, 6) is -0.0187. The van der Waals surface area contributed by atoms with E-state index in [9.17, 15) is 14.4 Å². The van der Waals surface area contributed by atoms with Gasteiger partial charge in [0.1, 0.15) is 5.65 Å². The number of hydrogen-bond acceptors (Lipinski definition) is 6. The number of pyridine rings is 1. The van der Waals surface area contributed by atoms with Crippen LogP contribution in [0.5, 0.6) is 0 Å². The maximum Gasteiger partial charge on any atom is 0.281 e. The Kier molecular flexibility index (Phi) is 6.22. The van der Waals surface area contributed by atoms with Gasteiger partial charge in [0.15, 0.2) is 5.16 Å². The van der Waals surface area contributed by atoms with Crippen LogP contribution in [0.4, 0.5) is 0 Å². The summed E-state index contributed by atoms with van der Waals surface area (Å²) in [5.41, 5.74) is 5.83. The minimum absolute atomic E-state index is 0.189. The minimum atomic E-state index is -0.370. The summed E-state index contributed by atoms with van der Waals surface area (Å²) in [6, 6.07) is 21.7. The molecule has 0 saturated heterocycles. The van der Waals surface area contributed by atoms with Gasteiger partial charge in [0.2, 0.25) is 5.91 Å². The Bertz CT molecular complexity index is 1940. The number of fused-ring (bicyclic) bond motifs is 3. The van der Waals surface area contributed by atoms with E-state index in [2.05, 4.69) is 20.4 Å². The Morgan fingerprint density at radius 3 is 2.63 bits per heavy atom. The molecule has 4 aromatic heterocycles. The van der Waals surface area contributed by atoms with Crippen LogP contribution in [-0.4, -0.2) is 29.9 Å². The molecular formula is C28H22N6O3S. The Hall–Kier alpha value is -4.70. The molecule has 0 saturated carbocycles. The summed E-state index contributed by atoms with van der Waals surface area (Å²) < 4.78 is 2.66. The fraction of sp³-hybridized carbons (Fsp3) is 0.107. The molecule has 1 amide bonds. The molecule has 0 bridgehead atoms. The summed E-state index contributed by atoms with van der Waals surface area (Å²) in [4.78, 5) is 51.2. The summed E-state index contributed by atoms with van der Waals surface area (Å²) >= 11 is 1.23. The minimum Gasteiger partial charge on any atom is -0.361 e. The van der Waals surface area contributed by atoms with Crippen molar-refractivity contribution in [3.05, 3.63) is 117 Å². The average molecular weight is 523 g/mol. The Morgan fingerprint density at radius 1 is 0.947 bits per heavy atom. The number of aryl methyl sites for hydroxylation is 1. The average Bonchev–Trinajstić information content (AvgIpc) is 3.36. The quantitative estimate of drug-likeness (QED) is 0.243. The number of hydrogen-bond donors (Lipinski definition) is 2. The molecule has 0 fully saturated rings. The molecular weight excluding hydrogens is 500 g/mol. The van der Waals surface area contributed by atoms with E-state index in [1.54, 1.807) is 42.6 Å². The first kappa shape index (κ1) is 23.7. The van der Waals surface area contributed by atoms with Crippen molar-refractivity contribution < 1.29 is 4.79 Å². The largest absolute Gasteiger partial charge is 0.361 e. The first-order valence-corrected chi connectivity index (χ1v) is 13.0. The van der Waals surface area contributed by atoms with E-state index in [0.717, 1.165) is 16.5 Å². The van der Waals surface area contributed by atoms with Crippen molar-refractivity contribution in [2.75, 3.05) is 5.43 Å². The van der Waals surface area contributed by atoms with Crippen LogP contribution in [0.25, 0.3) is 27.5 Å². The lowest BCUT2D eigenvalue weighted by Gasteiger charge is -2.14. The zero-order valence-electron chi connectivity index (χ0n) is 20.1. The van der Waals surface area contributed by atoms with E-state index in [1.165, 1.54) is 26.9 Å². The zero-order valence-corrected chi connectivity index (χ0v) is 20.9. The number of rotatable bonds is 7. The third kappa shape index (κ3) is 4.57. The Labute approximate surface area is 220 Å². The van der Waals surface area contributed by atoms with Crippen LogP contribution in [0.2, 0.25) is 0 Å². The second-order valence-corrected chi connectivity index (χ2v) is 9.69. The van der Waals surface area contributed by atoms with Gasteiger partial charge >= 0.3 is 0 Å². The van der Waals surface area contributed by atoms with E-state index < -0.39 is 0 Å². The number of nitrogens with one attached hydrogen (secondary N) is 2. The maximum atomic E-state index is 13.4. The lowest BCUT2D eigenvalue weighted by atomic mass is 10.1. The Morgan fingerprint density at radius 2 is 1.74 bits per heavy atom. The highest BCUT2D eigenvalue weighted by Gasteiger charge is 2.15. The van der Waals surface area contributed by atoms with Gasteiger partial charge < -0.3 is 4.98 Å². The van der Waals surface area contributed by atoms with Gasteiger partial charge in [-0.3, -0.25) is 24.2 Å². The summed E-state index contributed by atoms with van der Waals surface area (Å²) in [7, 11) is 0. The van der Waals surface area contributed by atoms with Crippen LogP contribution in [0.1, 0.15) is 17.7 Å². The molecule has 0 spiro atoms. The molecule has 0 atom stereocenters. The van der Waals surface area contributed by atoms with Gasteiger partial charge in [-0.25, -0.2) is 9.97 Å². The van der Waals surface area contributed by atoms with Crippen molar-refractivity contribution in [2.45, 2.75) is 23.8 Å². The molecule has 6 rings (SSSR count). The number of aromatic amines is 1. The van der Waals surface area contributed by atoms with Crippen LogP contribution in [0, 0.1) is 0 Å². The van der Waals surface area contributed by atoms with E-state index >= 15 is 0 Å². The third-order valence-electron chi connectivity index (χ3n) is 6.25. The molecule has 188 valence electrons. The van der Waals surface area contributed by atoms with Gasteiger partial charge in [0, 0.05) is 41.5 Å². The van der Waals surface area contributed by atoms with Gasteiger partial charge in [0.25, 0.3) is 11.1 Å². The molecule has 10 heteroatoms. The first-order valence-electron chi connectivity index (χ1n) is 12.0. The molecule has 0 aliphatic carbocycles. The van der Waals surface area contributed by atoms with Crippen molar-refractivity contribution in [1.29, 1.82) is 0 Å². The van der Waals surface area contributed by atoms with Gasteiger partial charge in [-0.15, -0.1) is 0 Å². The van der Waals surface area contributed by atoms with E-state index in [-0.39, 0.29) is 29.2 Å². The Balaban J connectivity index is 1.27. The molecule has 0 radical (unpaired) electrons. The summed E-state index contributed by atoms with van der Waals surface area (Å²) in [6.45, 7) is 0. The number of amides is 1. The fourth-order valence-electron chi connectivity index (χ4n) is 4.39. The monoisotopic (exact) mass is 522 g/mol. The lowest BCUT2D eigenvalue weighted by Crippen LogP contribution is -2.35. The van der Waals surface area contributed by atoms with Gasteiger partial charge in [-0.1, -0.05) is 48.2 Å². The maximum absolute atomic E-state index is 13.4. The smallest absolute Gasteiger partial charge is 0.281 e. The van der Waals surface area contributed by atoms with E-state index in [1.807, 2.05) is 36.5 Å². The van der Waals surface area contributed by atoms with Crippen molar-refractivity contribution in [3.63, 3.8) is 0 Å². The predicted octanol–water partition coefficient (Wildman–Crippen LogP) is 3.88. The van der Waals surface area contributed by atoms with Crippen LogP contribution in [-0.2, 0) is 17.0 Å². The van der Waals surface area contributed by atoms with E-state index in [4.69, 9.17) is 0 Å². The van der Waals surface area contributed by atoms with Crippen LogP contribution in [0.3, 0.4) is 0 Å². The highest BCUT2D eigenvalue weighted by molar-refractivity contribution is 7.98. The van der Waals surface area contributed by atoms with E-state index in [0.29, 0.717) is 33.8 Å². The molecule has 0 aliphatic rings. The highest BCUT2D eigenvalue weighted by Crippen LogP contribution is 2.22. The number of benzene rings is 2. The highest BCUT2D eigenvalue weighted by atomic mass is 32.2. The molecule has 4 heterocycles. The van der Waals surface area contributed by atoms with Crippen LogP contribution >= 0.6 is 11.8 Å². The number of carbonyl (C=O) groups is 1. The summed E-state index contributed by atoms with van der Waals surface area (Å²) in [6.07, 6.45) is 4.27. The standard InChI is InChI=1S/C28H22N6O3S/c35-25(13-12-18-16-29-22-9-3-1-7-20(18)22)32-34-27(37)21-8-2-4-10-23(21)31-28(34)38-17-19-15-26(36)33-14-6-5-11-24(33)30-19/h1-11,14-16,29H,12-13,17H2,(H,32,35). The fourth-order valence-corrected chi connectivity index (χ4v) is 5.24. The molecule has 0 aliphatic heterocycles. The van der Waals surface area contributed by atoms with Crippen molar-refractivity contribution in [3.8, 4) is 0 Å². The second kappa shape index (κ2) is 9.98. The molecule has 2 aromatic carbocycles. The zero-order chi connectivity index (χ0) is 26.1. The topological polar surface area (TPSA) is 114 Å². The van der Waals surface area contributed by atoms with Gasteiger partial charge in [0.05, 0.1) is 16.6 Å². The SMILES string of the molecule is O=C(CCc1c[nH]c2ccccc12)Nn1c(SCc2cc(=O)n3ccccc3n2)nc2ccccc2c1=O. The number of para-hydroxylation sites is 2. The van der Waals surface area contributed by atoms with Crippen LogP contribution < -0.4 is 16.5 Å².